The molecule has 1 aromatic carbocycles. The van der Waals surface area contributed by atoms with Gasteiger partial charge in [0, 0.05) is 53.8 Å². The van der Waals surface area contributed by atoms with Crippen LogP contribution in [0.5, 0.6) is 0 Å². The molecule has 1 saturated carbocycles. The molecule has 1 aromatic heterocycles. The molecule has 112 valence electrons. The van der Waals surface area contributed by atoms with Crippen molar-refractivity contribution in [2.24, 2.45) is 5.92 Å². The number of piperazine rings is 1. The SMILES string of the molecule is Brc1ccc2[nH]cc([C@H](CC3CC3)N3CCNCC3)c2c1. The van der Waals surface area contributed by atoms with E-state index in [2.05, 4.69) is 55.5 Å². The van der Waals surface area contributed by atoms with Crippen LogP contribution in [0.4, 0.5) is 0 Å². The van der Waals surface area contributed by atoms with Crippen LogP contribution in [0.3, 0.4) is 0 Å². The smallest absolute Gasteiger partial charge is 0.0458 e. The summed E-state index contributed by atoms with van der Waals surface area (Å²) < 4.78 is 1.17. The normalized spacial score (nSPS) is 21.8. The first kappa shape index (κ1) is 13.8. The fraction of sp³-hybridized carbons (Fsp3) is 0.529. The van der Waals surface area contributed by atoms with Gasteiger partial charge >= 0.3 is 0 Å². The molecule has 2 fully saturated rings. The van der Waals surface area contributed by atoms with E-state index in [4.69, 9.17) is 0 Å². The van der Waals surface area contributed by atoms with Gasteiger partial charge in [0.25, 0.3) is 0 Å². The molecule has 2 heterocycles. The molecule has 0 radical (unpaired) electrons. The number of halogens is 1. The fourth-order valence-corrected chi connectivity index (χ4v) is 3.89. The molecule has 4 rings (SSSR count). The lowest BCUT2D eigenvalue weighted by Crippen LogP contribution is -2.45. The van der Waals surface area contributed by atoms with Crippen molar-refractivity contribution in [1.82, 2.24) is 15.2 Å². The third-order valence-electron chi connectivity index (χ3n) is 4.88. The lowest BCUT2D eigenvalue weighted by molar-refractivity contribution is 0.161. The van der Waals surface area contributed by atoms with Crippen LogP contribution in [-0.2, 0) is 0 Å². The largest absolute Gasteiger partial charge is 0.361 e. The number of benzene rings is 1. The second-order valence-electron chi connectivity index (χ2n) is 6.41. The highest BCUT2D eigenvalue weighted by atomic mass is 79.9. The van der Waals surface area contributed by atoms with E-state index in [9.17, 15) is 0 Å². The van der Waals surface area contributed by atoms with E-state index in [0.29, 0.717) is 6.04 Å². The Kier molecular flexibility index (Phi) is 3.78. The summed E-state index contributed by atoms with van der Waals surface area (Å²) in [4.78, 5) is 6.14. The van der Waals surface area contributed by atoms with E-state index in [0.717, 1.165) is 32.1 Å². The van der Waals surface area contributed by atoms with Gasteiger partial charge in [-0.1, -0.05) is 28.8 Å². The fourth-order valence-electron chi connectivity index (χ4n) is 3.53. The van der Waals surface area contributed by atoms with E-state index < -0.39 is 0 Å². The van der Waals surface area contributed by atoms with Crippen LogP contribution in [0.15, 0.2) is 28.9 Å². The second kappa shape index (κ2) is 5.75. The number of aromatic amines is 1. The maximum absolute atomic E-state index is 3.62. The topological polar surface area (TPSA) is 31.1 Å². The molecular weight excluding hydrogens is 326 g/mol. The molecule has 21 heavy (non-hydrogen) atoms. The molecule has 2 N–H and O–H groups in total. The molecule has 2 aliphatic rings. The van der Waals surface area contributed by atoms with Crippen molar-refractivity contribution in [2.75, 3.05) is 26.2 Å². The molecule has 0 bridgehead atoms. The van der Waals surface area contributed by atoms with Crippen molar-refractivity contribution in [3.63, 3.8) is 0 Å². The van der Waals surface area contributed by atoms with Crippen LogP contribution in [0.1, 0.15) is 30.9 Å². The first-order valence-corrected chi connectivity index (χ1v) is 8.82. The number of aromatic nitrogens is 1. The van der Waals surface area contributed by atoms with Gasteiger partial charge in [-0.05, 0) is 36.1 Å². The molecule has 0 spiro atoms. The van der Waals surface area contributed by atoms with Crippen LogP contribution in [0.25, 0.3) is 10.9 Å². The minimum Gasteiger partial charge on any atom is -0.361 e. The summed E-state index contributed by atoms with van der Waals surface area (Å²) in [6.07, 6.45) is 6.41. The molecular formula is C17H22BrN3. The third kappa shape index (κ3) is 2.89. The van der Waals surface area contributed by atoms with Crippen LogP contribution in [0.2, 0.25) is 0 Å². The zero-order valence-electron chi connectivity index (χ0n) is 12.2. The first-order valence-electron chi connectivity index (χ1n) is 8.02. The van der Waals surface area contributed by atoms with Gasteiger partial charge in [-0.15, -0.1) is 0 Å². The Hall–Kier alpha value is -0.840. The Labute approximate surface area is 134 Å². The van der Waals surface area contributed by atoms with Gasteiger partial charge in [0.2, 0.25) is 0 Å². The molecule has 1 atom stereocenters. The summed E-state index contributed by atoms with van der Waals surface area (Å²) in [7, 11) is 0. The number of nitrogens with one attached hydrogen (secondary N) is 2. The maximum atomic E-state index is 3.62. The Morgan fingerprint density at radius 2 is 2.05 bits per heavy atom. The molecule has 3 nitrogen and oxygen atoms in total. The molecule has 1 saturated heterocycles. The van der Waals surface area contributed by atoms with Crippen molar-refractivity contribution in [1.29, 1.82) is 0 Å². The van der Waals surface area contributed by atoms with Crippen LogP contribution < -0.4 is 5.32 Å². The van der Waals surface area contributed by atoms with E-state index >= 15 is 0 Å². The van der Waals surface area contributed by atoms with Gasteiger partial charge in [-0.2, -0.15) is 0 Å². The molecule has 4 heteroatoms. The number of hydrogen-bond acceptors (Lipinski definition) is 2. The average molecular weight is 348 g/mol. The minimum absolute atomic E-state index is 0.572. The summed E-state index contributed by atoms with van der Waals surface area (Å²) >= 11 is 3.62. The van der Waals surface area contributed by atoms with E-state index in [-0.39, 0.29) is 0 Å². The number of fused-ring (bicyclic) bond motifs is 1. The average Bonchev–Trinajstić information content (AvgIpc) is 3.25. The summed E-state index contributed by atoms with van der Waals surface area (Å²) in [5, 5.41) is 4.86. The Morgan fingerprint density at radius 3 is 2.81 bits per heavy atom. The highest BCUT2D eigenvalue weighted by Crippen LogP contribution is 2.42. The zero-order valence-corrected chi connectivity index (χ0v) is 13.8. The summed E-state index contributed by atoms with van der Waals surface area (Å²) in [5.41, 5.74) is 2.74. The van der Waals surface area contributed by atoms with Crippen molar-refractivity contribution < 1.29 is 0 Å². The van der Waals surface area contributed by atoms with Crippen LogP contribution >= 0.6 is 15.9 Å². The first-order chi connectivity index (χ1) is 10.3. The number of hydrogen-bond donors (Lipinski definition) is 2. The third-order valence-corrected chi connectivity index (χ3v) is 5.37. The van der Waals surface area contributed by atoms with Gasteiger partial charge in [0.05, 0.1) is 0 Å². The van der Waals surface area contributed by atoms with Crippen molar-refractivity contribution in [3.05, 3.63) is 34.4 Å². The summed E-state index contributed by atoms with van der Waals surface area (Å²) in [5.74, 6) is 0.946. The predicted molar refractivity (Wildman–Crippen MR) is 90.5 cm³/mol. The monoisotopic (exact) mass is 347 g/mol. The number of rotatable bonds is 4. The summed E-state index contributed by atoms with van der Waals surface area (Å²) in [6, 6.07) is 7.13. The van der Waals surface area contributed by atoms with Gasteiger partial charge < -0.3 is 10.3 Å². The molecule has 2 aromatic rings. The van der Waals surface area contributed by atoms with Crippen molar-refractivity contribution in [3.8, 4) is 0 Å². The summed E-state index contributed by atoms with van der Waals surface area (Å²) in [6.45, 7) is 4.57. The standard InChI is InChI=1S/C17H22BrN3/c18-13-3-4-16-14(10-13)15(11-20-16)17(9-12-1-2-12)21-7-5-19-6-8-21/h3-4,10-12,17,19-20H,1-2,5-9H2/t17-/m0/s1. The highest BCUT2D eigenvalue weighted by molar-refractivity contribution is 9.10. The predicted octanol–water partition coefficient (Wildman–Crippen LogP) is 3.68. The molecule has 1 aliphatic carbocycles. The van der Waals surface area contributed by atoms with Gasteiger partial charge in [-0.3, -0.25) is 4.90 Å². The maximum Gasteiger partial charge on any atom is 0.0458 e. The second-order valence-corrected chi connectivity index (χ2v) is 7.33. The minimum atomic E-state index is 0.572. The van der Waals surface area contributed by atoms with Gasteiger partial charge in [0.15, 0.2) is 0 Å². The Bertz CT molecular complexity index is 626. The zero-order chi connectivity index (χ0) is 14.2. The van der Waals surface area contributed by atoms with Gasteiger partial charge in [0.1, 0.15) is 0 Å². The Morgan fingerprint density at radius 1 is 1.24 bits per heavy atom. The quantitative estimate of drug-likeness (QED) is 0.883. The highest BCUT2D eigenvalue weighted by Gasteiger charge is 2.31. The lowest BCUT2D eigenvalue weighted by atomic mass is 9.98. The van der Waals surface area contributed by atoms with E-state index in [1.807, 2.05) is 0 Å². The number of H-pyrrole nitrogens is 1. The van der Waals surface area contributed by atoms with Crippen molar-refractivity contribution in [2.45, 2.75) is 25.3 Å². The van der Waals surface area contributed by atoms with Crippen molar-refractivity contribution >= 4 is 26.8 Å². The number of nitrogens with zero attached hydrogens (tertiary/aromatic N) is 1. The molecule has 0 amide bonds. The van der Waals surface area contributed by atoms with E-state index in [1.165, 1.54) is 40.2 Å². The Balaban J connectivity index is 1.70. The molecule has 1 aliphatic heterocycles. The molecule has 0 unspecified atom stereocenters. The van der Waals surface area contributed by atoms with E-state index in [1.54, 1.807) is 0 Å². The van der Waals surface area contributed by atoms with Crippen LogP contribution in [-0.4, -0.2) is 36.1 Å². The van der Waals surface area contributed by atoms with Crippen LogP contribution in [0, 0.1) is 5.92 Å². The lowest BCUT2D eigenvalue weighted by Gasteiger charge is -2.35. The van der Waals surface area contributed by atoms with Gasteiger partial charge in [-0.25, -0.2) is 0 Å².